The molecular weight excluding hydrogens is 404 g/mol. The Morgan fingerprint density at radius 3 is 2.41 bits per heavy atom. The molecule has 0 aliphatic carbocycles. The van der Waals surface area contributed by atoms with Crippen molar-refractivity contribution in [1.82, 2.24) is 9.47 Å². The molecule has 1 aromatic rings. The summed E-state index contributed by atoms with van der Waals surface area (Å²) in [5, 5.41) is 9.62. The van der Waals surface area contributed by atoms with Crippen molar-refractivity contribution < 1.29 is 4.79 Å². The number of nitriles is 1. The van der Waals surface area contributed by atoms with Crippen LogP contribution in [0.3, 0.4) is 0 Å². The van der Waals surface area contributed by atoms with Crippen molar-refractivity contribution in [3.8, 4) is 6.07 Å². The fourth-order valence-electron chi connectivity index (χ4n) is 3.94. The number of amides is 1. The lowest BCUT2D eigenvalue weighted by Crippen LogP contribution is -2.37. The van der Waals surface area contributed by atoms with Crippen molar-refractivity contribution in [2.24, 2.45) is 0 Å². The minimum Gasteiger partial charge on any atom is -0.357 e. The zero-order chi connectivity index (χ0) is 21.3. The van der Waals surface area contributed by atoms with E-state index in [1.165, 1.54) is 18.2 Å². The van der Waals surface area contributed by atoms with Gasteiger partial charge in [-0.3, -0.25) is 19.1 Å². The van der Waals surface area contributed by atoms with Crippen LogP contribution < -0.4 is 10.5 Å². The van der Waals surface area contributed by atoms with Crippen LogP contribution in [0.2, 0.25) is 0 Å². The molecule has 3 rings (SSSR count). The lowest BCUT2D eigenvalue weighted by Gasteiger charge is -2.33. The topological polar surface area (TPSA) is 69.3 Å². The first-order valence-electron chi connectivity index (χ1n) is 10.0. The van der Waals surface area contributed by atoms with Crippen molar-refractivity contribution in [2.75, 3.05) is 18.0 Å². The van der Waals surface area contributed by atoms with Gasteiger partial charge in [0.15, 0.2) is 0 Å². The van der Waals surface area contributed by atoms with Crippen LogP contribution in [0.1, 0.15) is 56.7 Å². The Labute approximate surface area is 181 Å². The molecule has 0 N–H and O–H groups in total. The molecule has 0 radical (unpaired) electrons. The molecule has 2 aliphatic rings. The van der Waals surface area contributed by atoms with Gasteiger partial charge < -0.3 is 4.90 Å². The van der Waals surface area contributed by atoms with E-state index < -0.39 is 0 Å². The molecule has 0 atom stereocenters. The van der Waals surface area contributed by atoms with Gasteiger partial charge in [0.05, 0.1) is 4.91 Å². The number of carbonyl (C=O) groups excluding carboxylic acids is 1. The average Bonchev–Trinajstić information content (AvgIpc) is 2.98. The second kappa shape index (κ2) is 8.72. The van der Waals surface area contributed by atoms with Crippen molar-refractivity contribution >= 4 is 46.1 Å². The molecule has 3 heterocycles. The van der Waals surface area contributed by atoms with E-state index in [-0.39, 0.29) is 23.1 Å². The molecular formula is C21H26N4O2S2. The van der Waals surface area contributed by atoms with Gasteiger partial charge in [-0.05, 0) is 58.6 Å². The average molecular weight is 431 g/mol. The van der Waals surface area contributed by atoms with E-state index in [2.05, 4.69) is 11.0 Å². The number of anilines is 1. The molecule has 2 aliphatic heterocycles. The first kappa shape index (κ1) is 21.6. The largest absolute Gasteiger partial charge is 0.357 e. The van der Waals surface area contributed by atoms with Crippen LogP contribution >= 0.6 is 24.0 Å². The van der Waals surface area contributed by atoms with Gasteiger partial charge >= 0.3 is 0 Å². The third-order valence-electron chi connectivity index (χ3n) is 5.43. The highest BCUT2D eigenvalue weighted by Gasteiger charge is 2.34. The van der Waals surface area contributed by atoms with Gasteiger partial charge in [-0.25, -0.2) is 0 Å². The van der Waals surface area contributed by atoms with Crippen LogP contribution in [0, 0.1) is 18.3 Å². The molecule has 8 heteroatoms. The Morgan fingerprint density at radius 2 is 1.90 bits per heavy atom. The fraction of sp³-hybridized carbons (Fsp3) is 0.524. The maximum absolute atomic E-state index is 13.0. The summed E-state index contributed by atoms with van der Waals surface area (Å²) in [6.45, 7) is 9.76. The van der Waals surface area contributed by atoms with E-state index in [4.69, 9.17) is 12.2 Å². The van der Waals surface area contributed by atoms with Crippen LogP contribution in [0.4, 0.5) is 5.82 Å². The van der Waals surface area contributed by atoms with Crippen LogP contribution in [-0.2, 0) is 11.3 Å². The molecule has 2 fully saturated rings. The summed E-state index contributed by atoms with van der Waals surface area (Å²) in [5.74, 6) is 0.690. The lowest BCUT2D eigenvalue weighted by atomic mass is 10.0. The summed E-state index contributed by atoms with van der Waals surface area (Å²) >= 11 is 6.69. The van der Waals surface area contributed by atoms with E-state index in [0.29, 0.717) is 21.3 Å². The summed E-state index contributed by atoms with van der Waals surface area (Å²) in [7, 11) is 0. The second-order valence-corrected chi connectivity index (χ2v) is 9.27. The minimum atomic E-state index is -0.264. The number of nitrogens with zero attached hydrogens (tertiary/aromatic N) is 4. The van der Waals surface area contributed by atoms with Gasteiger partial charge in [-0.2, -0.15) is 5.26 Å². The first-order chi connectivity index (χ1) is 13.8. The summed E-state index contributed by atoms with van der Waals surface area (Å²) < 4.78 is 2.21. The number of hydrogen-bond acceptors (Lipinski definition) is 6. The lowest BCUT2D eigenvalue weighted by molar-refractivity contribution is -0.123. The molecule has 0 aromatic carbocycles. The zero-order valence-electron chi connectivity index (χ0n) is 17.3. The molecule has 29 heavy (non-hydrogen) atoms. The summed E-state index contributed by atoms with van der Waals surface area (Å²) in [4.78, 5) is 30.3. The molecule has 0 unspecified atom stereocenters. The fourth-order valence-corrected chi connectivity index (χ4v) is 5.45. The summed E-state index contributed by atoms with van der Waals surface area (Å²) in [6.07, 6.45) is 5.12. The van der Waals surface area contributed by atoms with E-state index in [1.807, 2.05) is 26.8 Å². The van der Waals surface area contributed by atoms with Gasteiger partial charge in [0.1, 0.15) is 21.8 Å². The van der Waals surface area contributed by atoms with Gasteiger partial charge in [-0.1, -0.05) is 24.0 Å². The number of thioether (sulfide) groups is 1. The molecule has 0 bridgehead atoms. The normalized spacial score (nSPS) is 18.8. The maximum Gasteiger partial charge on any atom is 0.270 e. The zero-order valence-corrected chi connectivity index (χ0v) is 19.0. The molecule has 6 nitrogen and oxygen atoms in total. The van der Waals surface area contributed by atoms with E-state index in [0.717, 1.165) is 37.3 Å². The molecule has 1 aromatic heterocycles. The molecule has 2 saturated heterocycles. The minimum absolute atomic E-state index is 0.0182. The molecule has 1 amide bonds. The van der Waals surface area contributed by atoms with Crippen molar-refractivity contribution in [1.29, 1.82) is 5.26 Å². The standard InChI is InChI=1S/C21H26N4O2S2/c1-5-24-18(23-9-7-6-8-10-23)15(14(4)16(12-22)19(24)26)11-17-20(27)25(13(2)3)21(28)29-17/h11,13H,5-10H2,1-4H3/b17-11-. The SMILES string of the molecule is CCn1c(N2CCCCC2)c(/C=C2\SC(=S)N(C(C)C)C2=O)c(C)c(C#N)c1=O. The third-order valence-corrected chi connectivity index (χ3v) is 6.76. The third kappa shape index (κ3) is 3.86. The Hall–Kier alpha value is -2.11. The van der Waals surface area contributed by atoms with Gasteiger partial charge in [-0.15, -0.1) is 0 Å². The van der Waals surface area contributed by atoms with E-state index >= 15 is 0 Å². The first-order valence-corrected chi connectivity index (χ1v) is 11.2. The highest BCUT2D eigenvalue weighted by Crippen LogP contribution is 2.37. The Morgan fingerprint density at radius 1 is 1.24 bits per heavy atom. The maximum atomic E-state index is 13.0. The van der Waals surface area contributed by atoms with Crippen molar-refractivity contribution in [3.05, 3.63) is 31.9 Å². The quantitative estimate of drug-likeness (QED) is 0.536. The number of rotatable bonds is 4. The number of piperidine rings is 1. The summed E-state index contributed by atoms with van der Waals surface area (Å²) in [6, 6.07) is 2.05. The highest BCUT2D eigenvalue weighted by molar-refractivity contribution is 8.26. The van der Waals surface area contributed by atoms with E-state index in [1.54, 1.807) is 16.4 Å². The Kier molecular flexibility index (Phi) is 6.49. The molecule has 0 saturated carbocycles. The predicted molar refractivity (Wildman–Crippen MR) is 122 cm³/mol. The Bertz CT molecular complexity index is 982. The number of pyridine rings is 1. The number of hydrogen-bond donors (Lipinski definition) is 0. The Balaban J connectivity index is 2.25. The van der Waals surface area contributed by atoms with Crippen molar-refractivity contribution in [3.63, 3.8) is 0 Å². The smallest absolute Gasteiger partial charge is 0.270 e. The van der Waals surface area contributed by atoms with E-state index in [9.17, 15) is 14.9 Å². The van der Waals surface area contributed by atoms with Crippen LogP contribution in [0.5, 0.6) is 0 Å². The highest BCUT2D eigenvalue weighted by atomic mass is 32.2. The van der Waals surface area contributed by atoms with Crippen LogP contribution in [0.15, 0.2) is 9.70 Å². The van der Waals surface area contributed by atoms with Crippen molar-refractivity contribution in [2.45, 2.75) is 59.5 Å². The van der Waals surface area contributed by atoms with Crippen LogP contribution in [-0.4, -0.2) is 38.8 Å². The summed E-state index contributed by atoms with van der Waals surface area (Å²) in [5.41, 5.74) is 1.27. The second-order valence-electron chi connectivity index (χ2n) is 7.59. The monoisotopic (exact) mass is 430 g/mol. The number of thiocarbonyl (C=S) groups is 1. The number of carbonyl (C=O) groups is 1. The number of aromatic nitrogens is 1. The molecule has 154 valence electrons. The van der Waals surface area contributed by atoms with Gasteiger partial charge in [0.25, 0.3) is 11.5 Å². The van der Waals surface area contributed by atoms with Crippen LogP contribution in [0.25, 0.3) is 6.08 Å². The van der Waals surface area contributed by atoms with Gasteiger partial charge in [0, 0.05) is 31.2 Å². The molecule has 0 spiro atoms. The predicted octanol–water partition coefficient (Wildman–Crippen LogP) is 3.65. The van der Waals surface area contributed by atoms with Gasteiger partial charge in [0.2, 0.25) is 0 Å².